The summed E-state index contributed by atoms with van der Waals surface area (Å²) in [6, 6.07) is 0. The third-order valence-corrected chi connectivity index (χ3v) is 3.43. The van der Waals surface area contributed by atoms with Crippen molar-refractivity contribution in [1.82, 2.24) is 4.90 Å². The van der Waals surface area contributed by atoms with Crippen LogP contribution >= 0.6 is 0 Å². The van der Waals surface area contributed by atoms with Gasteiger partial charge in [0.1, 0.15) is 0 Å². The van der Waals surface area contributed by atoms with E-state index in [1.54, 1.807) is 0 Å². The largest absolute Gasteiger partial charge is 0.393 e. The third kappa shape index (κ3) is 3.97. The summed E-state index contributed by atoms with van der Waals surface area (Å²) < 4.78 is 0. The predicted octanol–water partition coefficient (Wildman–Crippen LogP) is 2.51. The van der Waals surface area contributed by atoms with E-state index in [0.29, 0.717) is 5.92 Å². The minimum absolute atomic E-state index is 0.188. The van der Waals surface area contributed by atoms with Crippen molar-refractivity contribution in [3.8, 4) is 0 Å². The van der Waals surface area contributed by atoms with Crippen molar-refractivity contribution in [2.75, 3.05) is 13.1 Å². The molecule has 2 nitrogen and oxygen atoms in total. The van der Waals surface area contributed by atoms with Crippen molar-refractivity contribution in [3.63, 3.8) is 0 Å². The van der Waals surface area contributed by atoms with E-state index in [2.05, 4.69) is 39.5 Å². The number of nitrogens with zero attached hydrogens (tertiary/aromatic N) is 1. The van der Waals surface area contributed by atoms with Crippen molar-refractivity contribution in [2.45, 2.75) is 59.6 Å². The maximum Gasteiger partial charge on any atom is 0.0524 e. The first kappa shape index (κ1) is 13.9. The third-order valence-electron chi connectivity index (χ3n) is 3.43. The second-order valence-corrected chi connectivity index (χ2v) is 5.03. The molecule has 0 aliphatic carbocycles. The zero-order chi connectivity index (χ0) is 11.4. The lowest BCUT2D eigenvalue weighted by Gasteiger charge is -2.41. The van der Waals surface area contributed by atoms with Crippen LogP contribution in [-0.2, 0) is 0 Å². The van der Waals surface area contributed by atoms with E-state index >= 15 is 0 Å². The van der Waals surface area contributed by atoms with Gasteiger partial charge in [-0.1, -0.05) is 20.8 Å². The van der Waals surface area contributed by atoms with E-state index in [1.807, 2.05) is 6.92 Å². The monoisotopic (exact) mass is 201 g/mol. The van der Waals surface area contributed by atoms with Crippen LogP contribution in [0.15, 0.2) is 0 Å². The summed E-state index contributed by atoms with van der Waals surface area (Å²) in [5, 5.41) is 9.27. The van der Waals surface area contributed by atoms with E-state index in [4.69, 9.17) is 0 Å². The molecule has 14 heavy (non-hydrogen) atoms. The lowest BCUT2D eigenvalue weighted by Crippen LogP contribution is -2.48. The molecule has 0 saturated heterocycles. The van der Waals surface area contributed by atoms with Crippen LogP contribution in [0.1, 0.15) is 48.0 Å². The van der Waals surface area contributed by atoms with Crippen LogP contribution in [0.25, 0.3) is 0 Å². The molecule has 1 N–H and O–H groups in total. The predicted molar refractivity (Wildman–Crippen MR) is 62.5 cm³/mol. The Labute approximate surface area is 89.3 Å². The van der Waals surface area contributed by atoms with Gasteiger partial charge in [0.05, 0.1) is 6.10 Å². The van der Waals surface area contributed by atoms with Crippen molar-refractivity contribution in [1.29, 1.82) is 0 Å². The van der Waals surface area contributed by atoms with Crippen LogP contribution in [0.3, 0.4) is 0 Å². The molecule has 0 aromatic heterocycles. The summed E-state index contributed by atoms with van der Waals surface area (Å²) in [6.45, 7) is 15.2. The molecule has 0 aliphatic rings. The summed E-state index contributed by atoms with van der Waals surface area (Å²) in [7, 11) is 0. The zero-order valence-electron chi connectivity index (χ0n) is 10.7. The van der Waals surface area contributed by atoms with Crippen LogP contribution in [0.4, 0.5) is 0 Å². The van der Waals surface area contributed by atoms with Crippen molar-refractivity contribution < 1.29 is 5.11 Å². The van der Waals surface area contributed by atoms with Crippen molar-refractivity contribution >= 4 is 0 Å². The summed E-state index contributed by atoms with van der Waals surface area (Å²) in [4.78, 5) is 2.45. The standard InChI is InChI=1S/C12H27NO/c1-7-13(9-8-11(4)14)12(5,6)10(2)3/h10-11,14H,7-9H2,1-6H3. The summed E-state index contributed by atoms with van der Waals surface area (Å²) in [5.41, 5.74) is 0.226. The maximum atomic E-state index is 9.27. The van der Waals surface area contributed by atoms with Gasteiger partial charge in [-0.15, -0.1) is 0 Å². The number of aliphatic hydroxyl groups excluding tert-OH is 1. The van der Waals surface area contributed by atoms with Gasteiger partial charge >= 0.3 is 0 Å². The number of aliphatic hydroxyl groups is 1. The first-order chi connectivity index (χ1) is 6.32. The summed E-state index contributed by atoms with van der Waals surface area (Å²) in [6.07, 6.45) is 0.677. The second kappa shape index (κ2) is 5.72. The number of hydrogen-bond acceptors (Lipinski definition) is 2. The molecular weight excluding hydrogens is 174 g/mol. The average molecular weight is 201 g/mol. The Balaban J connectivity index is 4.25. The zero-order valence-corrected chi connectivity index (χ0v) is 10.7. The Hall–Kier alpha value is -0.0800. The van der Waals surface area contributed by atoms with Crippen LogP contribution < -0.4 is 0 Å². The lowest BCUT2D eigenvalue weighted by atomic mass is 9.88. The maximum absolute atomic E-state index is 9.27. The molecule has 0 amide bonds. The normalized spacial score (nSPS) is 15.2. The molecular formula is C12H27NO. The molecule has 1 atom stereocenters. The molecule has 86 valence electrons. The summed E-state index contributed by atoms with van der Waals surface area (Å²) >= 11 is 0. The van der Waals surface area contributed by atoms with E-state index in [9.17, 15) is 5.11 Å². The summed E-state index contributed by atoms with van der Waals surface area (Å²) in [5.74, 6) is 0.636. The van der Waals surface area contributed by atoms with Gasteiger partial charge in [0.15, 0.2) is 0 Å². The van der Waals surface area contributed by atoms with Gasteiger partial charge in [0.25, 0.3) is 0 Å². The minimum Gasteiger partial charge on any atom is -0.393 e. The minimum atomic E-state index is -0.188. The van der Waals surface area contributed by atoms with Crippen LogP contribution in [0.5, 0.6) is 0 Å². The van der Waals surface area contributed by atoms with Gasteiger partial charge in [0.2, 0.25) is 0 Å². The van der Waals surface area contributed by atoms with Gasteiger partial charge < -0.3 is 5.11 Å². The van der Waals surface area contributed by atoms with E-state index in [-0.39, 0.29) is 11.6 Å². The van der Waals surface area contributed by atoms with E-state index in [1.165, 1.54) is 0 Å². The van der Waals surface area contributed by atoms with Crippen LogP contribution in [-0.4, -0.2) is 34.7 Å². The molecule has 0 aliphatic heterocycles. The Kier molecular flexibility index (Phi) is 5.68. The fourth-order valence-corrected chi connectivity index (χ4v) is 1.56. The number of rotatable bonds is 6. The van der Waals surface area contributed by atoms with E-state index < -0.39 is 0 Å². The molecule has 0 aromatic rings. The topological polar surface area (TPSA) is 23.5 Å². The Morgan fingerprint density at radius 3 is 2.00 bits per heavy atom. The first-order valence-corrected chi connectivity index (χ1v) is 5.75. The average Bonchev–Trinajstić information content (AvgIpc) is 2.04. The van der Waals surface area contributed by atoms with Crippen LogP contribution in [0.2, 0.25) is 0 Å². The van der Waals surface area contributed by atoms with Crippen molar-refractivity contribution in [2.24, 2.45) is 5.92 Å². The first-order valence-electron chi connectivity index (χ1n) is 5.75. The smallest absolute Gasteiger partial charge is 0.0524 e. The highest BCUT2D eigenvalue weighted by Crippen LogP contribution is 2.23. The Bertz CT molecular complexity index is 152. The molecule has 0 rings (SSSR count). The Morgan fingerprint density at radius 1 is 1.21 bits per heavy atom. The molecule has 0 saturated carbocycles. The fourth-order valence-electron chi connectivity index (χ4n) is 1.56. The highest BCUT2D eigenvalue weighted by molar-refractivity contribution is 4.84. The van der Waals surface area contributed by atoms with Gasteiger partial charge in [0, 0.05) is 12.1 Å². The molecule has 0 heterocycles. The van der Waals surface area contributed by atoms with E-state index in [0.717, 1.165) is 19.5 Å². The lowest BCUT2D eigenvalue weighted by molar-refractivity contribution is 0.0637. The number of hydrogen-bond donors (Lipinski definition) is 1. The molecule has 0 aromatic carbocycles. The highest BCUT2D eigenvalue weighted by atomic mass is 16.3. The highest BCUT2D eigenvalue weighted by Gasteiger charge is 2.28. The van der Waals surface area contributed by atoms with Gasteiger partial charge in [-0.05, 0) is 39.7 Å². The quantitative estimate of drug-likeness (QED) is 0.714. The molecule has 0 bridgehead atoms. The molecule has 1 unspecified atom stereocenters. The van der Waals surface area contributed by atoms with Crippen LogP contribution in [0, 0.1) is 5.92 Å². The SMILES string of the molecule is CCN(CCC(C)O)C(C)(C)C(C)C. The second-order valence-electron chi connectivity index (χ2n) is 5.03. The molecule has 0 radical (unpaired) electrons. The Morgan fingerprint density at radius 2 is 1.71 bits per heavy atom. The molecule has 2 heteroatoms. The fraction of sp³-hybridized carbons (Fsp3) is 1.00. The molecule has 0 fully saturated rings. The molecule has 0 spiro atoms. The van der Waals surface area contributed by atoms with Gasteiger partial charge in [-0.2, -0.15) is 0 Å². The van der Waals surface area contributed by atoms with Gasteiger partial charge in [-0.25, -0.2) is 0 Å². The van der Waals surface area contributed by atoms with Gasteiger partial charge in [-0.3, -0.25) is 4.90 Å². The van der Waals surface area contributed by atoms with Crippen molar-refractivity contribution in [3.05, 3.63) is 0 Å².